The summed E-state index contributed by atoms with van der Waals surface area (Å²) in [6.45, 7) is 7.02. The summed E-state index contributed by atoms with van der Waals surface area (Å²) in [5, 5.41) is 0. The Bertz CT molecular complexity index is 110. The van der Waals surface area contributed by atoms with E-state index in [1.54, 1.807) is 0 Å². The third-order valence-electron chi connectivity index (χ3n) is 2.71. The van der Waals surface area contributed by atoms with Crippen molar-refractivity contribution in [3.63, 3.8) is 0 Å². The van der Waals surface area contributed by atoms with Gasteiger partial charge in [-0.1, -0.05) is 46.5 Å². The SMILES string of the molecule is CCCC(CCCCSC)CC(C)C. The first-order valence-corrected chi connectivity index (χ1v) is 7.59. The number of hydrogen-bond donors (Lipinski definition) is 0. The predicted molar refractivity (Wildman–Crippen MR) is 70.1 cm³/mol. The van der Waals surface area contributed by atoms with Crippen LogP contribution in [0.15, 0.2) is 0 Å². The van der Waals surface area contributed by atoms with Gasteiger partial charge < -0.3 is 0 Å². The van der Waals surface area contributed by atoms with Crippen molar-refractivity contribution in [3.05, 3.63) is 0 Å². The topological polar surface area (TPSA) is 0 Å². The van der Waals surface area contributed by atoms with E-state index in [0.29, 0.717) is 0 Å². The van der Waals surface area contributed by atoms with Gasteiger partial charge in [0.25, 0.3) is 0 Å². The summed E-state index contributed by atoms with van der Waals surface area (Å²) in [7, 11) is 0. The molecule has 86 valence electrons. The highest BCUT2D eigenvalue weighted by atomic mass is 32.2. The highest BCUT2D eigenvalue weighted by Gasteiger charge is 2.09. The Morgan fingerprint density at radius 2 is 1.79 bits per heavy atom. The molecule has 0 aromatic heterocycles. The average Bonchev–Trinajstić information content (AvgIpc) is 2.12. The van der Waals surface area contributed by atoms with Gasteiger partial charge in [0.2, 0.25) is 0 Å². The lowest BCUT2D eigenvalue weighted by Crippen LogP contribution is -2.04. The van der Waals surface area contributed by atoms with E-state index in [1.807, 2.05) is 11.8 Å². The molecule has 0 aliphatic heterocycles. The van der Waals surface area contributed by atoms with Crippen LogP contribution in [-0.4, -0.2) is 12.0 Å². The lowest BCUT2D eigenvalue weighted by Gasteiger charge is -2.18. The summed E-state index contributed by atoms with van der Waals surface area (Å²) >= 11 is 1.98. The van der Waals surface area contributed by atoms with Crippen molar-refractivity contribution < 1.29 is 0 Å². The van der Waals surface area contributed by atoms with Crippen molar-refractivity contribution in [2.75, 3.05) is 12.0 Å². The Morgan fingerprint density at radius 3 is 2.29 bits per heavy atom. The zero-order chi connectivity index (χ0) is 10.8. The molecule has 0 amide bonds. The van der Waals surface area contributed by atoms with E-state index in [-0.39, 0.29) is 0 Å². The Hall–Kier alpha value is 0.350. The van der Waals surface area contributed by atoms with E-state index >= 15 is 0 Å². The van der Waals surface area contributed by atoms with Gasteiger partial charge in [-0.3, -0.25) is 0 Å². The Labute approximate surface area is 95.2 Å². The van der Waals surface area contributed by atoms with Gasteiger partial charge in [-0.2, -0.15) is 11.8 Å². The summed E-state index contributed by atoms with van der Waals surface area (Å²) < 4.78 is 0. The van der Waals surface area contributed by atoms with Gasteiger partial charge in [-0.25, -0.2) is 0 Å². The largest absolute Gasteiger partial charge is 0.165 e. The number of hydrogen-bond acceptors (Lipinski definition) is 1. The highest BCUT2D eigenvalue weighted by Crippen LogP contribution is 2.23. The monoisotopic (exact) mass is 216 g/mol. The molecule has 1 heteroatoms. The van der Waals surface area contributed by atoms with Crippen LogP contribution in [0.1, 0.15) is 59.3 Å². The van der Waals surface area contributed by atoms with Gasteiger partial charge in [0, 0.05) is 0 Å². The maximum absolute atomic E-state index is 2.35. The second-order valence-corrected chi connectivity index (χ2v) is 5.76. The van der Waals surface area contributed by atoms with Crippen LogP contribution in [0.5, 0.6) is 0 Å². The van der Waals surface area contributed by atoms with E-state index in [2.05, 4.69) is 27.0 Å². The van der Waals surface area contributed by atoms with Crippen LogP contribution < -0.4 is 0 Å². The lowest BCUT2D eigenvalue weighted by atomic mass is 9.89. The fraction of sp³-hybridized carbons (Fsp3) is 1.00. The molecule has 0 saturated heterocycles. The summed E-state index contributed by atoms with van der Waals surface area (Å²) in [6.07, 6.45) is 10.8. The molecule has 0 rings (SSSR count). The summed E-state index contributed by atoms with van der Waals surface area (Å²) in [4.78, 5) is 0. The molecular formula is C13H28S. The van der Waals surface area contributed by atoms with E-state index < -0.39 is 0 Å². The molecule has 0 heterocycles. The zero-order valence-corrected chi connectivity index (χ0v) is 11.3. The average molecular weight is 216 g/mol. The summed E-state index contributed by atoms with van der Waals surface area (Å²) in [6, 6.07) is 0. The fourth-order valence-corrected chi connectivity index (χ4v) is 2.63. The summed E-state index contributed by atoms with van der Waals surface area (Å²) in [5.74, 6) is 3.23. The molecular weight excluding hydrogens is 188 g/mol. The molecule has 0 N–H and O–H groups in total. The molecule has 0 fully saturated rings. The maximum atomic E-state index is 2.35. The number of thioether (sulfide) groups is 1. The second-order valence-electron chi connectivity index (χ2n) is 4.77. The molecule has 14 heavy (non-hydrogen) atoms. The molecule has 0 spiro atoms. The van der Waals surface area contributed by atoms with Gasteiger partial charge in [0.15, 0.2) is 0 Å². The zero-order valence-electron chi connectivity index (χ0n) is 10.5. The third kappa shape index (κ3) is 8.93. The fourth-order valence-electron chi connectivity index (χ4n) is 2.13. The van der Waals surface area contributed by atoms with Crippen LogP contribution in [0.3, 0.4) is 0 Å². The van der Waals surface area contributed by atoms with Crippen molar-refractivity contribution in [2.45, 2.75) is 59.3 Å². The van der Waals surface area contributed by atoms with Crippen molar-refractivity contribution in [1.29, 1.82) is 0 Å². The van der Waals surface area contributed by atoms with Crippen LogP contribution in [0, 0.1) is 11.8 Å². The first kappa shape index (κ1) is 14.3. The van der Waals surface area contributed by atoms with Crippen molar-refractivity contribution >= 4 is 11.8 Å². The Balaban J connectivity index is 3.51. The first-order valence-electron chi connectivity index (χ1n) is 6.19. The second kappa shape index (κ2) is 9.89. The van der Waals surface area contributed by atoms with E-state index in [9.17, 15) is 0 Å². The smallest absolute Gasteiger partial charge is 0.00703 e. The highest BCUT2D eigenvalue weighted by molar-refractivity contribution is 7.98. The van der Waals surface area contributed by atoms with Gasteiger partial charge in [-0.05, 0) is 36.7 Å². The van der Waals surface area contributed by atoms with Crippen LogP contribution >= 0.6 is 11.8 Å². The van der Waals surface area contributed by atoms with E-state index in [4.69, 9.17) is 0 Å². The number of unbranched alkanes of at least 4 members (excludes halogenated alkanes) is 1. The third-order valence-corrected chi connectivity index (χ3v) is 3.41. The minimum absolute atomic E-state index is 0.882. The Kier molecular flexibility index (Phi) is 10.1. The van der Waals surface area contributed by atoms with Gasteiger partial charge >= 0.3 is 0 Å². The van der Waals surface area contributed by atoms with E-state index in [1.165, 1.54) is 44.3 Å². The predicted octanol–water partition coefficient (Wildman–Crippen LogP) is 4.98. The van der Waals surface area contributed by atoms with Crippen molar-refractivity contribution in [3.8, 4) is 0 Å². The van der Waals surface area contributed by atoms with Crippen LogP contribution in [0.2, 0.25) is 0 Å². The molecule has 0 bridgehead atoms. The van der Waals surface area contributed by atoms with Crippen molar-refractivity contribution in [1.82, 2.24) is 0 Å². The standard InChI is InChI=1S/C13H28S/c1-5-8-13(11-12(2)3)9-6-7-10-14-4/h12-13H,5-11H2,1-4H3. The molecule has 0 aliphatic rings. The normalized spacial score (nSPS) is 13.5. The molecule has 0 radical (unpaired) electrons. The van der Waals surface area contributed by atoms with Gasteiger partial charge in [-0.15, -0.1) is 0 Å². The minimum atomic E-state index is 0.882. The van der Waals surface area contributed by atoms with E-state index in [0.717, 1.165) is 11.8 Å². The van der Waals surface area contributed by atoms with Crippen molar-refractivity contribution in [2.24, 2.45) is 11.8 Å². The van der Waals surface area contributed by atoms with Crippen LogP contribution in [0.25, 0.3) is 0 Å². The molecule has 0 nitrogen and oxygen atoms in total. The van der Waals surface area contributed by atoms with Crippen LogP contribution in [0.4, 0.5) is 0 Å². The number of rotatable bonds is 9. The maximum Gasteiger partial charge on any atom is -0.00703 e. The molecule has 0 aromatic carbocycles. The van der Waals surface area contributed by atoms with Crippen LogP contribution in [-0.2, 0) is 0 Å². The van der Waals surface area contributed by atoms with Gasteiger partial charge in [0.05, 0.1) is 0 Å². The molecule has 0 aromatic rings. The molecule has 0 saturated carbocycles. The quantitative estimate of drug-likeness (QED) is 0.490. The summed E-state index contributed by atoms with van der Waals surface area (Å²) in [5.41, 5.74) is 0. The molecule has 1 atom stereocenters. The molecule has 1 unspecified atom stereocenters. The Morgan fingerprint density at radius 1 is 1.07 bits per heavy atom. The molecule has 0 aliphatic carbocycles. The van der Waals surface area contributed by atoms with Gasteiger partial charge in [0.1, 0.15) is 0 Å². The lowest BCUT2D eigenvalue weighted by molar-refractivity contribution is 0.353. The minimum Gasteiger partial charge on any atom is -0.165 e. The first-order chi connectivity index (χ1) is 6.70.